The largest absolute Gasteiger partial charge is 0.507 e. The zero-order valence-corrected chi connectivity index (χ0v) is 12.5. The Labute approximate surface area is 124 Å². The quantitative estimate of drug-likeness (QED) is 0.788. The molecule has 0 saturated heterocycles. The number of phenolic OH excluding ortho intramolecular Hbond substituents is 1. The first-order chi connectivity index (χ1) is 9.85. The lowest BCUT2D eigenvalue weighted by atomic mass is 10.1. The highest BCUT2D eigenvalue weighted by atomic mass is 32.2. The molecule has 0 aliphatic heterocycles. The molecule has 0 amide bonds. The van der Waals surface area contributed by atoms with Crippen molar-refractivity contribution in [3.8, 4) is 5.75 Å². The number of rotatable bonds is 5. The number of sulfonamides is 1. The van der Waals surface area contributed by atoms with Crippen molar-refractivity contribution in [2.75, 3.05) is 5.32 Å². The number of aryl methyl sites for hydroxylation is 1. The van der Waals surface area contributed by atoms with Crippen molar-refractivity contribution in [3.05, 3.63) is 59.2 Å². The van der Waals surface area contributed by atoms with E-state index in [1.807, 2.05) is 25.1 Å². The number of anilines is 1. The van der Waals surface area contributed by atoms with Crippen LogP contribution in [-0.4, -0.2) is 13.5 Å². The molecular formula is C15H18N2O3S. The summed E-state index contributed by atoms with van der Waals surface area (Å²) in [6, 6.07) is 12.6. The normalized spacial score (nSPS) is 11.3. The number of para-hydroxylation sites is 1. The van der Waals surface area contributed by atoms with Gasteiger partial charge in [0.1, 0.15) is 5.75 Å². The van der Waals surface area contributed by atoms with Gasteiger partial charge in [-0.15, -0.1) is 0 Å². The summed E-state index contributed by atoms with van der Waals surface area (Å²) in [6.07, 6.45) is 0. The van der Waals surface area contributed by atoms with Crippen molar-refractivity contribution in [2.24, 2.45) is 5.14 Å². The molecule has 4 N–H and O–H groups in total. The molecule has 0 saturated carbocycles. The number of hydrogen-bond donors (Lipinski definition) is 3. The van der Waals surface area contributed by atoms with Gasteiger partial charge in [0.05, 0.1) is 5.75 Å². The van der Waals surface area contributed by atoms with Crippen LogP contribution in [0.2, 0.25) is 0 Å². The van der Waals surface area contributed by atoms with Gasteiger partial charge in [-0.3, -0.25) is 0 Å². The van der Waals surface area contributed by atoms with Crippen LogP contribution in [0.25, 0.3) is 0 Å². The van der Waals surface area contributed by atoms with Crippen molar-refractivity contribution in [1.82, 2.24) is 0 Å². The highest BCUT2D eigenvalue weighted by Gasteiger charge is 2.06. The molecule has 0 atom stereocenters. The number of phenols is 1. The number of nitrogens with two attached hydrogens (primary N) is 1. The fourth-order valence-electron chi connectivity index (χ4n) is 2.01. The second kappa shape index (κ2) is 6.15. The van der Waals surface area contributed by atoms with Crippen molar-refractivity contribution < 1.29 is 13.5 Å². The zero-order valence-electron chi connectivity index (χ0n) is 11.7. The summed E-state index contributed by atoms with van der Waals surface area (Å²) in [5.41, 5.74) is 3.12. The summed E-state index contributed by atoms with van der Waals surface area (Å²) in [5, 5.41) is 18.1. The molecule has 21 heavy (non-hydrogen) atoms. The van der Waals surface area contributed by atoms with Crippen LogP contribution in [0.4, 0.5) is 5.69 Å². The Morgan fingerprint density at radius 2 is 1.81 bits per heavy atom. The van der Waals surface area contributed by atoms with Gasteiger partial charge in [-0.25, -0.2) is 13.6 Å². The Hall–Kier alpha value is -2.05. The van der Waals surface area contributed by atoms with Crippen molar-refractivity contribution in [3.63, 3.8) is 0 Å². The smallest absolute Gasteiger partial charge is 0.213 e. The molecule has 0 fully saturated rings. The van der Waals surface area contributed by atoms with Gasteiger partial charge < -0.3 is 10.4 Å². The van der Waals surface area contributed by atoms with Gasteiger partial charge in [-0.1, -0.05) is 30.3 Å². The molecule has 0 aliphatic carbocycles. The molecule has 5 nitrogen and oxygen atoms in total. The number of benzene rings is 2. The Morgan fingerprint density at radius 1 is 1.14 bits per heavy atom. The Morgan fingerprint density at radius 3 is 2.43 bits per heavy atom. The summed E-state index contributed by atoms with van der Waals surface area (Å²) >= 11 is 0. The lowest BCUT2D eigenvalue weighted by Crippen LogP contribution is -2.14. The Bertz CT molecular complexity index is 725. The molecule has 0 aromatic heterocycles. The maximum absolute atomic E-state index is 11.0. The number of primary sulfonamides is 1. The number of nitrogens with one attached hydrogen (secondary N) is 1. The standard InChI is InChI=1S/C15H18N2O3S/c1-11-3-2-4-13(15(11)18)9-17-14-7-5-12(6-8-14)10-21(16,19)20/h2-8,17-18H,9-10H2,1H3,(H2,16,19,20). The van der Waals surface area contributed by atoms with Crippen LogP contribution >= 0.6 is 0 Å². The monoisotopic (exact) mass is 306 g/mol. The first-order valence-electron chi connectivity index (χ1n) is 6.46. The van der Waals surface area contributed by atoms with Gasteiger partial charge in [0.25, 0.3) is 0 Å². The third-order valence-electron chi connectivity index (χ3n) is 3.13. The summed E-state index contributed by atoms with van der Waals surface area (Å²) in [4.78, 5) is 0. The van der Waals surface area contributed by atoms with Crippen molar-refractivity contribution in [2.45, 2.75) is 19.2 Å². The number of aromatic hydroxyl groups is 1. The van der Waals surface area contributed by atoms with E-state index in [2.05, 4.69) is 5.32 Å². The molecule has 0 spiro atoms. The van der Waals surface area contributed by atoms with Crippen LogP contribution in [0.3, 0.4) is 0 Å². The van der Waals surface area contributed by atoms with E-state index in [0.29, 0.717) is 12.1 Å². The van der Waals surface area contributed by atoms with Crippen LogP contribution < -0.4 is 10.5 Å². The van der Waals surface area contributed by atoms with E-state index in [9.17, 15) is 13.5 Å². The molecule has 0 aliphatic rings. The molecule has 0 heterocycles. The van der Waals surface area contributed by atoms with Gasteiger partial charge >= 0.3 is 0 Å². The summed E-state index contributed by atoms with van der Waals surface area (Å²) < 4.78 is 22.0. The van der Waals surface area contributed by atoms with Gasteiger partial charge in [0, 0.05) is 17.8 Å². The third kappa shape index (κ3) is 4.47. The molecule has 0 radical (unpaired) electrons. The van der Waals surface area contributed by atoms with E-state index < -0.39 is 10.0 Å². The highest BCUT2D eigenvalue weighted by Crippen LogP contribution is 2.22. The maximum atomic E-state index is 11.0. The predicted molar refractivity (Wildman–Crippen MR) is 83.4 cm³/mol. The second-order valence-electron chi connectivity index (χ2n) is 4.94. The molecule has 2 rings (SSSR count). The first-order valence-corrected chi connectivity index (χ1v) is 8.17. The number of hydrogen-bond acceptors (Lipinski definition) is 4. The van der Waals surface area contributed by atoms with E-state index in [1.54, 1.807) is 24.3 Å². The molecule has 2 aromatic rings. The minimum Gasteiger partial charge on any atom is -0.507 e. The van der Waals surface area contributed by atoms with E-state index in [4.69, 9.17) is 5.14 Å². The van der Waals surface area contributed by atoms with Crippen molar-refractivity contribution in [1.29, 1.82) is 0 Å². The zero-order chi connectivity index (χ0) is 15.5. The van der Waals surface area contributed by atoms with Crippen molar-refractivity contribution >= 4 is 15.7 Å². The summed E-state index contributed by atoms with van der Waals surface area (Å²) in [5.74, 6) is 0.113. The van der Waals surface area contributed by atoms with Crippen LogP contribution in [0.5, 0.6) is 5.75 Å². The lowest BCUT2D eigenvalue weighted by Gasteiger charge is -2.10. The van der Waals surface area contributed by atoms with E-state index in [0.717, 1.165) is 16.8 Å². The maximum Gasteiger partial charge on any atom is 0.213 e. The van der Waals surface area contributed by atoms with Crippen LogP contribution in [-0.2, 0) is 22.3 Å². The Balaban J connectivity index is 2.02. The average Bonchev–Trinajstić information content (AvgIpc) is 2.40. The molecule has 112 valence electrons. The molecule has 0 bridgehead atoms. The molecule has 6 heteroatoms. The van der Waals surface area contributed by atoms with E-state index in [-0.39, 0.29) is 11.5 Å². The van der Waals surface area contributed by atoms with Crippen LogP contribution in [0, 0.1) is 6.92 Å². The minimum absolute atomic E-state index is 0.175. The minimum atomic E-state index is -3.51. The lowest BCUT2D eigenvalue weighted by molar-refractivity contribution is 0.465. The molecule has 0 unspecified atom stereocenters. The fourth-order valence-corrected chi connectivity index (χ4v) is 2.67. The predicted octanol–water partition coefficient (Wildman–Crippen LogP) is 2.10. The Kier molecular flexibility index (Phi) is 4.50. The summed E-state index contributed by atoms with van der Waals surface area (Å²) in [6.45, 7) is 2.34. The highest BCUT2D eigenvalue weighted by molar-refractivity contribution is 7.88. The molecular weight excluding hydrogens is 288 g/mol. The van der Waals surface area contributed by atoms with Crippen LogP contribution in [0.15, 0.2) is 42.5 Å². The molecule has 2 aromatic carbocycles. The topological polar surface area (TPSA) is 92.4 Å². The van der Waals surface area contributed by atoms with Gasteiger partial charge in [0.2, 0.25) is 10.0 Å². The average molecular weight is 306 g/mol. The second-order valence-corrected chi connectivity index (χ2v) is 6.55. The van der Waals surface area contributed by atoms with Gasteiger partial charge in [-0.05, 0) is 30.2 Å². The summed E-state index contributed by atoms with van der Waals surface area (Å²) in [7, 11) is -3.51. The van der Waals surface area contributed by atoms with Crippen LogP contribution in [0.1, 0.15) is 16.7 Å². The SMILES string of the molecule is Cc1cccc(CNc2ccc(CS(N)(=O)=O)cc2)c1O. The third-order valence-corrected chi connectivity index (χ3v) is 3.86. The van der Waals surface area contributed by atoms with Gasteiger partial charge in [-0.2, -0.15) is 0 Å². The van der Waals surface area contributed by atoms with E-state index in [1.165, 1.54) is 0 Å². The van der Waals surface area contributed by atoms with Gasteiger partial charge in [0.15, 0.2) is 0 Å². The first kappa shape index (κ1) is 15.3. The van der Waals surface area contributed by atoms with E-state index >= 15 is 0 Å². The fraction of sp³-hybridized carbons (Fsp3) is 0.200.